The standard InChI is InChI=1S/C14H29N3O2/c1-3-15-10-14(12-18-2)17-5-4-13(11-17)16-6-8-19-9-7-16/h13-15H,3-12H2,1-2H3. The first-order valence-corrected chi connectivity index (χ1v) is 7.60. The number of hydrogen-bond acceptors (Lipinski definition) is 5. The van der Waals surface area contributed by atoms with E-state index in [-0.39, 0.29) is 0 Å². The molecule has 2 aliphatic heterocycles. The maximum atomic E-state index is 5.44. The SMILES string of the molecule is CCNCC(COC)N1CCC(N2CCOCC2)C1. The van der Waals surface area contributed by atoms with Gasteiger partial charge in [-0.2, -0.15) is 0 Å². The summed E-state index contributed by atoms with van der Waals surface area (Å²) in [5.41, 5.74) is 0. The van der Waals surface area contributed by atoms with E-state index in [0.29, 0.717) is 12.1 Å². The third-order valence-corrected chi connectivity index (χ3v) is 4.26. The Hall–Kier alpha value is -0.200. The average Bonchev–Trinajstić information content (AvgIpc) is 2.94. The fourth-order valence-corrected chi connectivity index (χ4v) is 3.14. The van der Waals surface area contributed by atoms with Crippen LogP contribution in [0.3, 0.4) is 0 Å². The van der Waals surface area contributed by atoms with Crippen molar-refractivity contribution in [1.29, 1.82) is 0 Å². The maximum Gasteiger partial charge on any atom is 0.0630 e. The van der Waals surface area contributed by atoms with E-state index in [0.717, 1.165) is 46.0 Å². The van der Waals surface area contributed by atoms with Gasteiger partial charge in [0.2, 0.25) is 0 Å². The first-order valence-electron chi connectivity index (χ1n) is 7.60. The molecule has 0 spiro atoms. The van der Waals surface area contributed by atoms with E-state index in [1.807, 2.05) is 0 Å². The van der Waals surface area contributed by atoms with Crippen molar-refractivity contribution >= 4 is 0 Å². The Morgan fingerprint density at radius 1 is 1.32 bits per heavy atom. The molecule has 2 fully saturated rings. The van der Waals surface area contributed by atoms with E-state index in [2.05, 4.69) is 22.0 Å². The summed E-state index contributed by atoms with van der Waals surface area (Å²) in [4.78, 5) is 5.19. The second-order valence-corrected chi connectivity index (χ2v) is 5.50. The summed E-state index contributed by atoms with van der Waals surface area (Å²) in [6, 6.07) is 1.22. The first-order chi connectivity index (χ1) is 9.35. The molecule has 19 heavy (non-hydrogen) atoms. The zero-order chi connectivity index (χ0) is 13.5. The molecule has 5 nitrogen and oxygen atoms in total. The van der Waals surface area contributed by atoms with Gasteiger partial charge in [-0.15, -0.1) is 0 Å². The molecule has 2 saturated heterocycles. The topological polar surface area (TPSA) is 37.0 Å². The third kappa shape index (κ3) is 4.39. The van der Waals surface area contributed by atoms with E-state index in [1.165, 1.54) is 19.5 Å². The highest BCUT2D eigenvalue weighted by molar-refractivity contribution is 4.88. The predicted octanol–water partition coefficient (Wildman–Crippen LogP) is 0.0174. The van der Waals surface area contributed by atoms with Crippen molar-refractivity contribution < 1.29 is 9.47 Å². The molecule has 0 aromatic heterocycles. The van der Waals surface area contributed by atoms with E-state index >= 15 is 0 Å². The first kappa shape index (κ1) is 15.2. The number of ether oxygens (including phenoxy) is 2. The molecule has 2 atom stereocenters. The summed E-state index contributed by atoms with van der Waals surface area (Å²) < 4.78 is 10.8. The predicted molar refractivity (Wildman–Crippen MR) is 76.6 cm³/mol. The molecule has 2 heterocycles. The molecular weight excluding hydrogens is 242 g/mol. The molecule has 2 unspecified atom stereocenters. The van der Waals surface area contributed by atoms with E-state index in [9.17, 15) is 0 Å². The Bertz CT molecular complexity index is 247. The van der Waals surface area contributed by atoms with Crippen LogP contribution in [-0.4, -0.2) is 88.1 Å². The number of nitrogens with one attached hydrogen (secondary N) is 1. The maximum absolute atomic E-state index is 5.44. The number of rotatable bonds is 7. The lowest BCUT2D eigenvalue weighted by Gasteiger charge is -2.33. The monoisotopic (exact) mass is 271 g/mol. The number of likely N-dealkylation sites (tertiary alicyclic amines) is 1. The summed E-state index contributed by atoms with van der Waals surface area (Å²) in [5, 5.41) is 3.45. The van der Waals surface area contributed by atoms with Crippen molar-refractivity contribution in [3.05, 3.63) is 0 Å². The molecule has 5 heteroatoms. The van der Waals surface area contributed by atoms with Gasteiger partial charge in [0.25, 0.3) is 0 Å². The summed E-state index contributed by atoms with van der Waals surface area (Å²) in [6.07, 6.45) is 1.28. The van der Waals surface area contributed by atoms with Crippen LogP contribution in [0.5, 0.6) is 0 Å². The number of likely N-dealkylation sites (N-methyl/N-ethyl adjacent to an activating group) is 1. The molecule has 0 bridgehead atoms. The fourth-order valence-electron chi connectivity index (χ4n) is 3.14. The van der Waals surface area contributed by atoms with E-state index < -0.39 is 0 Å². The number of methoxy groups -OCH3 is 1. The van der Waals surface area contributed by atoms with Gasteiger partial charge in [0.05, 0.1) is 19.8 Å². The Morgan fingerprint density at radius 3 is 2.79 bits per heavy atom. The minimum absolute atomic E-state index is 0.510. The van der Waals surface area contributed by atoms with Crippen LogP contribution in [0.1, 0.15) is 13.3 Å². The quantitative estimate of drug-likeness (QED) is 0.706. The summed E-state index contributed by atoms with van der Waals surface area (Å²) in [5.74, 6) is 0. The lowest BCUT2D eigenvalue weighted by molar-refractivity contribution is 0.0162. The smallest absolute Gasteiger partial charge is 0.0630 e. The van der Waals surface area contributed by atoms with Gasteiger partial charge in [-0.1, -0.05) is 6.92 Å². The molecule has 2 rings (SSSR count). The van der Waals surface area contributed by atoms with E-state index in [1.54, 1.807) is 7.11 Å². The minimum atomic E-state index is 0.510. The Kier molecular flexibility index (Phi) is 6.53. The third-order valence-electron chi connectivity index (χ3n) is 4.26. The van der Waals surface area contributed by atoms with Crippen molar-refractivity contribution in [3.63, 3.8) is 0 Å². The molecule has 0 amide bonds. The zero-order valence-corrected chi connectivity index (χ0v) is 12.4. The summed E-state index contributed by atoms with van der Waals surface area (Å²) >= 11 is 0. The van der Waals surface area contributed by atoms with Crippen molar-refractivity contribution in [2.24, 2.45) is 0 Å². The van der Waals surface area contributed by atoms with Crippen LogP contribution in [0.4, 0.5) is 0 Å². The van der Waals surface area contributed by atoms with Crippen LogP contribution in [-0.2, 0) is 9.47 Å². The minimum Gasteiger partial charge on any atom is -0.383 e. The fraction of sp³-hybridized carbons (Fsp3) is 1.00. The highest BCUT2D eigenvalue weighted by Gasteiger charge is 2.32. The second kappa shape index (κ2) is 8.17. The van der Waals surface area contributed by atoms with Crippen LogP contribution >= 0.6 is 0 Å². The largest absolute Gasteiger partial charge is 0.383 e. The van der Waals surface area contributed by atoms with Crippen molar-refractivity contribution in [1.82, 2.24) is 15.1 Å². The molecule has 0 saturated carbocycles. The zero-order valence-electron chi connectivity index (χ0n) is 12.4. The summed E-state index contributed by atoms with van der Waals surface area (Å²) in [7, 11) is 1.80. The summed E-state index contributed by atoms with van der Waals surface area (Å²) in [6.45, 7) is 11.4. The van der Waals surface area contributed by atoms with Gasteiger partial charge >= 0.3 is 0 Å². The van der Waals surface area contributed by atoms with Crippen LogP contribution in [0.25, 0.3) is 0 Å². The van der Waals surface area contributed by atoms with Gasteiger partial charge in [-0.25, -0.2) is 0 Å². The highest BCUT2D eigenvalue weighted by Crippen LogP contribution is 2.19. The molecular formula is C14H29N3O2. The lowest BCUT2D eigenvalue weighted by Crippen LogP contribution is -2.48. The lowest BCUT2D eigenvalue weighted by atomic mass is 10.2. The van der Waals surface area contributed by atoms with Crippen LogP contribution in [0.2, 0.25) is 0 Å². The number of hydrogen-bond donors (Lipinski definition) is 1. The van der Waals surface area contributed by atoms with E-state index in [4.69, 9.17) is 9.47 Å². The number of morpholine rings is 1. The normalized spacial score (nSPS) is 27.8. The van der Waals surface area contributed by atoms with Gasteiger partial charge in [0.15, 0.2) is 0 Å². The molecule has 0 radical (unpaired) electrons. The molecule has 1 N–H and O–H groups in total. The average molecular weight is 271 g/mol. The van der Waals surface area contributed by atoms with Gasteiger partial charge in [0, 0.05) is 51.9 Å². The molecule has 2 aliphatic rings. The Morgan fingerprint density at radius 2 is 2.11 bits per heavy atom. The molecule has 0 aromatic rings. The van der Waals surface area contributed by atoms with Crippen LogP contribution in [0, 0.1) is 0 Å². The Labute approximate surface area is 117 Å². The van der Waals surface area contributed by atoms with Crippen LogP contribution in [0.15, 0.2) is 0 Å². The van der Waals surface area contributed by atoms with Gasteiger partial charge < -0.3 is 14.8 Å². The second-order valence-electron chi connectivity index (χ2n) is 5.50. The van der Waals surface area contributed by atoms with Crippen molar-refractivity contribution in [2.75, 3.05) is 66.2 Å². The molecule has 112 valence electrons. The van der Waals surface area contributed by atoms with Gasteiger partial charge in [0.1, 0.15) is 0 Å². The van der Waals surface area contributed by atoms with Crippen LogP contribution < -0.4 is 5.32 Å². The highest BCUT2D eigenvalue weighted by atomic mass is 16.5. The van der Waals surface area contributed by atoms with Gasteiger partial charge in [-0.05, 0) is 13.0 Å². The number of nitrogens with zero attached hydrogens (tertiary/aromatic N) is 2. The Balaban J connectivity index is 1.80. The van der Waals surface area contributed by atoms with Crippen molar-refractivity contribution in [3.8, 4) is 0 Å². The molecule has 0 aliphatic carbocycles. The molecule has 0 aromatic carbocycles. The van der Waals surface area contributed by atoms with Crippen molar-refractivity contribution in [2.45, 2.75) is 25.4 Å². The van der Waals surface area contributed by atoms with Gasteiger partial charge in [-0.3, -0.25) is 9.80 Å².